The molecule has 0 radical (unpaired) electrons. The van der Waals surface area contributed by atoms with Crippen molar-refractivity contribution in [2.45, 2.75) is 6.42 Å². The molecule has 0 aliphatic carbocycles. The van der Waals surface area contributed by atoms with E-state index >= 15 is 0 Å². The lowest BCUT2D eigenvalue weighted by molar-refractivity contribution is -0.157. The zero-order valence-electron chi connectivity index (χ0n) is 14.8. The number of carboxylic acids is 1. The van der Waals surface area contributed by atoms with Gasteiger partial charge in [-0.15, -0.1) is 0 Å². The van der Waals surface area contributed by atoms with E-state index in [-0.39, 0.29) is 18.4 Å². The highest BCUT2D eigenvalue weighted by molar-refractivity contribution is 6.10. The Morgan fingerprint density at radius 1 is 1.19 bits per heavy atom. The first kappa shape index (κ1) is 16.3. The fourth-order valence-electron chi connectivity index (χ4n) is 4.63. The maximum atomic E-state index is 13.1. The predicted octanol–water partition coefficient (Wildman–Crippen LogP) is 2.88. The molecule has 0 saturated carbocycles. The van der Waals surface area contributed by atoms with E-state index in [1.165, 1.54) is 0 Å². The number of hydrogen-bond acceptors (Lipinski definition) is 3. The van der Waals surface area contributed by atoms with Gasteiger partial charge in [-0.2, -0.15) is 0 Å². The van der Waals surface area contributed by atoms with Crippen LogP contribution in [0.5, 0.6) is 0 Å². The molecular weight excluding hydrogens is 344 g/mol. The molecule has 5 rings (SSSR count). The van der Waals surface area contributed by atoms with E-state index < -0.39 is 11.4 Å². The van der Waals surface area contributed by atoms with Crippen molar-refractivity contribution in [2.75, 3.05) is 26.3 Å². The Morgan fingerprint density at radius 3 is 2.85 bits per heavy atom. The third-order valence-corrected chi connectivity index (χ3v) is 6.18. The number of likely N-dealkylation sites (tertiary alicyclic amines) is 1. The number of nitrogens with one attached hydrogen (secondary N) is 1. The summed E-state index contributed by atoms with van der Waals surface area (Å²) in [7, 11) is 0. The maximum Gasteiger partial charge on any atom is 0.311 e. The smallest absolute Gasteiger partial charge is 0.311 e. The minimum absolute atomic E-state index is 0.148. The molecule has 0 unspecified atom stereocenters. The molecule has 2 saturated heterocycles. The molecule has 2 aliphatic rings. The lowest BCUT2D eigenvalue weighted by Gasteiger charge is -2.33. The van der Waals surface area contributed by atoms with Gasteiger partial charge in [0.25, 0.3) is 5.91 Å². The number of aromatic amines is 1. The Balaban J connectivity index is 1.51. The van der Waals surface area contributed by atoms with Crippen LogP contribution in [-0.2, 0) is 9.53 Å². The largest absolute Gasteiger partial charge is 0.481 e. The van der Waals surface area contributed by atoms with Crippen LogP contribution in [0.1, 0.15) is 16.9 Å². The van der Waals surface area contributed by atoms with Gasteiger partial charge in [-0.3, -0.25) is 9.59 Å². The first-order chi connectivity index (χ1) is 13.1. The van der Waals surface area contributed by atoms with Gasteiger partial charge in [0, 0.05) is 36.5 Å². The number of aromatic nitrogens is 1. The summed E-state index contributed by atoms with van der Waals surface area (Å²) in [6.07, 6.45) is 0.452. The topological polar surface area (TPSA) is 82.6 Å². The highest BCUT2D eigenvalue weighted by atomic mass is 16.5. The number of carboxylic acid groups (broad SMARTS) is 1. The number of carbonyl (C=O) groups is 2. The van der Waals surface area contributed by atoms with E-state index in [4.69, 9.17) is 4.74 Å². The van der Waals surface area contributed by atoms with Gasteiger partial charge < -0.3 is 19.7 Å². The highest BCUT2D eigenvalue weighted by Crippen LogP contribution is 2.43. The van der Waals surface area contributed by atoms with Crippen LogP contribution in [0, 0.1) is 11.3 Å². The van der Waals surface area contributed by atoms with Gasteiger partial charge in [-0.1, -0.05) is 30.3 Å². The van der Waals surface area contributed by atoms with Crippen LogP contribution >= 0.6 is 0 Å². The molecule has 2 aliphatic heterocycles. The molecule has 138 valence electrons. The van der Waals surface area contributed by atoms with Crippen LogP contribution in [0.15, 0.2) is 42.5 Å². The molecule has 3 aromatic rings. The third-order valence-electron chi connectivity index (χ3n) is 6.18. The minimum atomic E-state index is -0.882. The van der Waals surface area contributed by atoms with E-state index in [2.05, 4.69) is 4.98 Å². The van der Waals surface area contributed by atoms with Gasteiger partial charge in [0.05, 0.1) is 12.0 Å². The average Bonchev–Trinajstić information content (AvgIpc) is 3.30. The van der Waals surface area contributed by atoms with Gasteiger partial charge in [0.15, 0.2) is 0 Å². The quantitative estimate of drug-likeness (QED) is 0.732. The van der Waals surface area contributed by atoms with E-state index in [1.54, 1.807) is 4.90 Å². The Bertz CT molecular complexity index is 1070. The summed E-state index contributed by atoms with van der Waals surface area (Å²) in [6.45, 7) is 1.49. The lowest BCUT2D eigenvalue weighted by Crippen LogP contribution is -2.45. The monoisotopic (exact) mass is 364 g/mol. The van der Waals surface area contributed by atoms with Crippen molar-refractivity contribution in [3.8, 4) is 0 Å². The number of fused-ring (bicyclic) bond motifs is 4. The fourth-order valence-corrected chi connectivity index (χ4v) is 4.63. The third kappa shape index (κ3) is 2.36. The zero-order chi connectivity index (χ0) is 18.6. The number of hydrogen-bond donors (Lipinski definition) is 2. The first-order valence-corrected chi connectivity index (χ1v) is 9.19. The first-order valence-electron chi connectivity index (χ1n) is 9.19. The molecule has 2 fully saturated rings. The number of H-pyrrole nitrogens is 1. The van der Waals surface area contributed by atoms with Gasteiger partial charge in [-0.25, -0.2) is 0 Å². The maximum absolute atomic E-state index is 13.1. The average molecular weight is 364 g/mol. The molecule has 0 bridgehead atoms. The van der Waals surface area contributed by atoms with Crippen LogP contribution < -0.4 is 0 Å². The summed E-state index contributed by atoms with van der Waals surface area (Å²) >= 11 is 0. The predicted molar refractivity (Wildman–Crippen MR) is 101 cm³/mol. The standard InChI is InChI=1S/C21H20N2O4/c24-19(23-10-14-11-27-8-7-21(14,12-23)20(25)26)18-9-16-15-4-2-1-3-13(15)5-6-17(16)22-18/h1-6,9,14,22H,7-8,10-12H2,(H,25,26)/t14-,21+/m0/s1. The van der Waals surface area contributed by atoms with Crippen LogP contribution in [0.3, 0.4) is 0 Å². The van der Waals surface area contributed by atoms with Crippen molar-refractivity contribution >= 4 is 33.6 Å². The zero-order valence-corrected chi connectivity index (χ0v) is 14.8. The molecule has 2 aromatic carbocycles. The molecule has 6 nitrogen and oxygen atoms in total. The van der Waals surface area contributed by atoms with Crippen LogP contribution in [0.2, 0.25) is 0 Å². The summed E-state index contributed by atoms with van der Waals surface area (Å²) in [5.74, 6) is -1.13. The molecule has 2 atom stereocenters. The molecule has 1 amide bonds. The van der Waals surface area contributed by atoms with Crippen molar-refractivity contribution in [2.24, 2.45) is 11.3 Å². The molecule has 2 N–H and O–H groups in total. The second-order valence-corrected chi connectivity index (χ2v) is 7.60. The molecule has 3 heterocycles. The van der Waals surface area contributed by atoms with Gasteiger partial charge in [0.1, 0.15) is 5.69 Å². The van der Waals surface area contributed by atoms with Crippen LogP contribution in [0.4, 0.5) is 0 Å². The number of nitrogens with zero attached hydrogens (tertiary/aromatic N) is 1. The summed E-state index contributed by atoms with van der Waals surface area (Å²) in [6, 6.07) is 14.0. The second kappa shape index (κ2) is 5.82. The minimum Gasteiger partial charge on any atom is -0.481 e. The number of benzene rings is 2. The van der Waals surface area contributed by atoms with Crippen LogP contribution in [0.25, 0.3) is 21.7 Å². The number of aliphatic carboxylic acids is 1. The molecule has 1 aromatic heterocycles. The SMILES string of the molecule is O=C(c1cc2c(ccc3ccccc32)[nH]1)N1C[C@H]2COCC[C@@]2(C(=O)O)C1. The van der Waals surface area contributed by atoms with Gasteiger partial charge >= 0.3 is 5.97 Å². The second-order valence-electron chi connectivity index (χ2n) is 7.60. The number of carbonyl (C=O) groups excluding carboxylic acids is 1. The Kier molecular flexibility index (Phi) is 3.52. The summed E-state index contributed by atoms with van der Waals surface area (Å²) < 4.78 is 5.48. The Labute approximate surface area is 155 Å². The van der Waals surface area contributed by atoms with E-state index in [0.717, 1.165) is 21.7 Å². The van der Waals surface area contributed by atoms with Crippen LogP contribution in [-0.4, -0.2) is 53.2 Å². The molecule has 6 heteroatoms. The number of rotatable bonds is 2. The van der Waals surface area contributed by atoms with Gasteiger partial charge in [0.2, 0.25) is 0 Å². The van der Waals surface area contributed by atoms with E-state index in [0.29, 0.717) is 31.9 Å². The number of amides is 1. The molecular formula is C21H20N2O4. The highest BCUT2D eigenvalue weighted by Gasteiger charge is 2.55. The summed E-state index contributed by atoms with van der Waals surface area (Å²) in [5.41, 5.74) is 0.526. The molecule has 27 heavy (non-hydrogen) atoms. The van der Waals surface area contributed by atoms with Crippen molar-refractivity contribution in [3.05, 3.63) is 48.2 Å². The Hall–Kier alpha value is -2.86. The van der Waals surface area contributed by atoms with Crippen molar-refractivity contribution in [1.29, 1.82) is 0 Å². The van der Waals surface area contributed by atoms with Gasteiger partial charge in [-0.05, 0) is 29.3 Å². The van der Waals surface area contributed by atoms with E-state index in [1.807, 2.05) is 42.5 Å². The normalized spacial score (nSPS) is 25.0. The lowest BCUT2D eigenvalue weighted by atomic mass is 9.74. The number of ether oxygens (including phenoxy) is 1. The Morgan fingerprint density at radius 2 is 2.04 bits per heavy atom. The molecule has 0 spiro atoms. The van der Waals surface area contributed by atoms with Crippen molar-refractivity contribution < 1.29 is 19.4 Å². The summed E-state index contributed by atoms with van der Waals surface area (Å²) in [4.78, 5) is 30.0. The fraction of sp³-hybridized carbons (Fsp3) is 0.333. The van der Waals surface area contributed by atoms with E-state index in [9.17, 15) is 14.7 Å². The van der Waals surface area contributed by atoms with Crippen molar-refractivity contribution in [1.82, 2.24) is 9.88 Å². The summed E-state index contributed by atoms with van der Waals surface area (Å²) in [5, 5.41) is 13.0. The van der Waals surface area contributed by atoms with Crippen molar-refractivity contribution in [3.63, 3.8) is 0 Å².